The van der Waals surface area contributed by atoms with Crippen molar-refractivity contribution >= 4 is 10.9 Å². The SMILES string of the molecule is Cc1ccc2ccn(Cc3ccccn3)c2c1. The monoisotopic (exact) mass is 222 g/mol. The lowest BCUT2D eigenvalue weighted by molar-refractivity contribution is 0.807. The third-order valence-electron chi connectivity index (χ3n) is 2.99. The Morgan fingerprint density at radius 3 is 2.88 bits per heavy atom. The lowest BCUT2D eigenvalue weighted by Crippen LogP contribution is -1.99. The number of rotatable bonds is 2. The number of nitrogens with zero attached hydrogens (tertiary/aromatic N) is 2. The Labute approximate surface area is 101 Å². The van der Waals surface area contributed by atoms with Gasteiger partial charge in [-0.15, -0.1) is 0 Å². The third-order valence-corrected chi connectivity index (χ3v) is 2.99. The highest BCUT2D eigenvalue weighted by Crippen LogP contribution is 2.18. The van der Waals surface area contributed by atoms with Gasteiger partial charge >= 0.3 is 0 Å². The number of pyridine rings is 1. The fraction of sp³-hybridized carbons (Fsp3) is 0.133. The Morgan fingerprint density at radius 2 is 2.06 bits per heavy atom. The van der Waals surface area contributed by atoms with E-state index in [0.29, 0.717) is 0 Å². The fourth-order valence-electron chi connectivity index (χ4n) is 2.10. The van der Waals surface area contributed by atoms with E-state index in [0.717, 1.165) is 12.2 Å². The Balaban J connectivity index is 2.03. The maximum Gasteiger partial charge on any atom is 0.0648 e. The van der Waals surface area contributed by atoms with Gasteiger partial charge in [-0.2, -0.15) is 0 Å². The van der Waals surface area contributed by atoms with E-state index in [1.807, 2.05) is 18.3 Å². The molecule has 3 rings (SSSR count). The summed E-state index contributed by atoms with van der Waals surface area (Å²) in [6, 6.07) is 14.7. The molecule has 84 valence electrons. The maximum atomic E-state index is 4.36. The standard InChI is InChI=1S/C15H14N2/c1-12-5-6-13-7-9-17(15(13)10-12)11-14-4-2-3-8-16-14/h2-10H,11H2,1H3. The molecule has 1 aromatic carbocycles. The third kappa shape index (κ3) is 1.94. The highest BCUT2D eigenvalue weighted by molar-refractivity contribution is 5.80. The molecule has 0 aliphatic rings. The molecule has 0 bridgehead atoms. The number of aryl methyl sites for hydroxylation is 1. The molecule has 0 fully saturated rings. The molecule has 0 unspecified atom stereocenters. The summed E-state index contributed by atoms with van der Waals surface area (Å²) in [6.07, 6.45) is 3.96. The number of hydrogen-bond acceptors (Lipinski definition) is 1. The summed E-state index contributed by atoms with van der Waals surface area (Å²) in [5.74, 6) is 0. The molecule has 0 N–H and O–H groups in total. The van der Waals surface area contributed by atoms with Crippen molar-refractivity contribution in [2.75, 3.05) is 0 Å². The molecule has 2 heterocycles. The van der Waals surface area contributed by atoms with Gasteiger partial charge < -0.3 is 4.57 Å². The molecule has 2 nitrogen and oxygen atoms in total. The van der Waals surface area contributed by atoms with E-state index in [-0.39, 0.29) is 0 Å². The van der Waals surface area contributed by atoms with Gasteiger partial charge in [0.2, 0.25) is 0 Å². The summed E-state index contributed by atoms with van der Waals surface area (Å²) in [5.41, 5.74) is 3.65. The van der Waals surface area contributed by atoms with Crippen LogP contribution in [0.3, 0.4) is 0 Å². The van der Waals surface area contributed by atoms with Gasteiger partial charge in [-0.3, -0.25) is 4.98 Å². The average molecular weight is 222 g/mol. The summed E-state index contributed by atoms with van der Waals surface area (Å²) in [5, 5.41) is 1.28. The Bertz CT molecular complexity index is 638. The van der Waals surface area contributed by atoms with Crippen LogP contribution in [0.2, 0.25) is 0 Å². The van der Waals surface area contributed by atoms with E-state index >= 15 is 0 Å². The number of hydrogen-bond donors (Lipinski definition) is 0. The minimum atomic E-state index is 0.827. The molecule has 0 radical (unpaired) electrons. The molecular formula is C15H14N2. The normalized spacial score (nSPS) is 10.9. The zero-order valence-electron chi connectivity index (χ0n) is 9.80. The van der Waals surface area contributed by atoms with Crippen molar-refractivity contribution in [1.29, 1.82) is 0 Å². The molecule has 0 saturated carbocycles. The highest BCUT2D eigenvalue weighted by Gasteiger charge is 2.02. The number of fused-ring (bicyclic) bond motifs is 1. The van der Waals surface area contributed by atoms with Crippen LogP contribution in [0, 0.1) is 6.92 Å². The minimum Gasteiger partial charge on any atom is -0.341 e. The molecule has 2 aromatic heterocycles. The van der Waals surface area contributed by atoms with E-state index in [4.69, 9.17) is 0 Å². The van der Waals surface area contributed by atoms with Crippen molar-refractivity contribution in [3.05, 3.63) is 66.1 Å². The zero-order valence-corrected chi connectivity index (χ0v) is 9.80. The van der Waals surface area contributed by atoms with Gasteiger partial charge in [0.25, 0.3) is 0 Å². The quantitative estimate of drug-likeness (QED) is 0.650. The summed E-state index contributed by atoms with van der Waals surface area (Å²) in [7, 11) is 0. The minimum absolute atomic E-state index is 0.827. The molecule has 0 atom stereocenters. The number of benzene rings is 1. The first-order chi connectivity index (χ1) is 8.33. The second kappa shape index (κ2) is 4.06. The zero-order chi connectivity index (χ0) is 11.7. The fourth-order valence-corrected chi connectivity index (χ4v) is 2.10. The van der Waals surface area contributed by atoms with Crippen molar-refractivity contribution in [2.45, 2.75) is 13.5 Å². The van der Waals surface area contributed by atoms with Gasteiger partial charge in [-0.25, -0.2) is 0 Å². The molecule has 3 aromatic rings. The van der Waals surface area contributed by atoms with Crippen molar-refractivity contribution in [3.63, 3.8) is 0 Å². The van der Waals surface area contributed by atoms with E-state index in [9.17, 15) is 0 Å². The first kappa shape index (κ1) is 10.1. The van der Waals surface area contributed by atoms with E-state index < -0.39 is 0 Å². The molecule has 0 amide bonds. The Morgan fingerprint density at radius 1 is 1.12 bits per heavy atom. The van der Waals surface area contributed by atoms with Gasteiger partial charge in [-0.05, 0) is 42.1 Å². The molecule has 0 aliphatic carbocycles. The second-order valence-electron chi connectivity index (χ2n) is 4.33. The number of aromatic nitrogens is 2. The van der Waals surface area contributed by atoms with Crippen molar-refractivity contribution in [3.8, 4) is 0 Å². The summed E-state index contributed by atoms with van der Waals surface area (Å²) >= 11 is 0. The topological polar surface area (TPSA) is 17.8 Å². The van der Waals surface area contributed by atoms with Crippen LogP contribution in [0.25, 0.3) is 10.9 Å². The molecule has 0 saturated heterocycles. The van der Waals surface area contributed by atoms with Gasteiger partial charge in [-0.1, -0.05) is 18.2 Å². The average Bonchev–Trinajstić information content (AvgIpc) is 2.73. The van der Waals surface area contributed by atoms with Crippen molar-refractivity contribution in [2.24, 2.45) is 0 Å². The van der Waals surface area contributed by atoms with Crippen LogP contribution in [-0.4, -0.2) is 9.55 Å². The summed E-state index contributed by atoms with van der Waals surface area (Å²) in [6.45, 7) is 2.95. The van der Waals surface area contributed by atoms with Crippen LogP contribution in [0.15, 0.2) is 54.9 Å². The highest BCUT2D eigenvalue weighted by atomic mass is 15.0. The first-order valence-corrected chi connectivity index (χ1v) is 5.78. The Kier molecular flexibility index (Phi) is 2.41. The predicted molar refractivity (Wildman–Crippen MR) is 70.0 cm³/mol. The van der Waals surface area contributed by atoms with Crippen molar-refractivity contribution < 1.29 is 0 Å². The molecule has 17 heavy (non-hydrogen) atoms. The molecule has 0 spiro atoms. The molecular weight excluding hydrogens is 208 g/mol. The van der Waals surface area contributed by atoms with Crippen LogP contribution in [0.5, 0.6) is 0 Å². The Hall–Kier alpha value is -2.09. The van der Waals surface area contributed by atoms with Crippen LogP contribution in [-0.2, 0) is 6.54 Å². The van der Waals surface area contributed by atoms with E-state index in [1.54, 1.807) is 0 Å². The molecule has 0 aliphatic heterocycles. The first-order valence-electron chi connectivity index (χ1n) is 5.78. The van der Waals surface area contributed by atoms with Gasteiger partial charge in [0.05, 0.1) is 12.2 Å². The van der Waals surface area contributed by atoms with Gasteiger partial charge in [0, 0.05) is 17.9 Å². The summed E-state index contributed by atoms with van der Waals surface area (Å²) in [4.78, 5) is 4.36. The van der Waals surface area contributed by atoms with Crippen molar-refractivity contribution in [1.82, 2.24) is 9.55 Å². The van der Waals surface area contributed by atoms with Crippen LogP contribution >= 0.6 is 0 Å². The largest absolute Gasteiger partial charge is 0.341 e. The smallest absolute Gasteiger partial charge is 0.0648 e. The molecule has 2 heteroatoms. The second-order valence-corrected chi connectivity index (χ2v) is 4.33. The van der Waals surface area contributed by atoms with Gasteiger partial charge in [0.1, 0.15) is 0 Å². The van der Waals surface area contributed by atoms with E-state index in [1.165, 1.54) is 16.5 Å². The maximum absolute atomic E-state index is 4.36. The van der Waals surface area contributed by atoms with Crippen LogP contribution in [0.4, 0.5) is 0 Å². The lowest BCUT2D eigenvalue weighted by atomic mass is 10.2. The van der Waals surface area contributed by atoms with Crippen LogP contribution in [0.1, 0.15) is 11.3 Å². The van der Waals surface area contributed by atoms with Gasteiger partial charge in [0.15, 0.2) is 0 Å². The predicted octanol–water partition coefficient (Wildman–Crippen LogP) is 3.39. The summed E-state index contributed by atoms with van der Waals surface area (Å²) < 4.78 is 2.24. The lowest BCUT2D eigenvalue weighted by Gasteiger charge is -2.05. The van der Waals surface area contributed by atoms with E-state index in [2.05, 4.69) is 53.0 Å². The van der Waals surface area contributed by atoms with Crippen LogP contribution < -0.4 is 0 Å².